The van der Waals surface area contributed by atoms with Gasteiger partial charge < -0.3 is 10.1 Å². The van der Waals surface area contributed by atoms with Gasteiger partial charge in [0.25, 0.3) is 0 Å². The molecule has 0 aromatic carbocycles. The summed E-state index contributed by atoms with van der Waals surface area (Å²) in [4.78, 5) is 22.9. The van der Waals surface area contributed by atoms with E-state index in [-0.39, 0.29) is 23.8 Å². The Labute approximate surface area is 89.4 Å². The van der Waals surface area contributed by atoms with Crippen LogP contribution in [0.25, 0.3) is 0 Å². The molecular formula is C11H17NO3. The van der Waals surface area contributed by atoms with Crippen LogP contribution in [-0.4, -0.2) is 24.5 Å². The summed E-state index contributed by atoms with van der Waals surface area (Å²) in [5.41, 5.74) is 0. The van der Waals surface area contributed by atoms with Crippen LogP contribution in [0.3, 0.4) is 0 Å². The number of esters is 1. The van der Waals surface area contributed by atoms with Crippen molar-refractivity contribution in [1.82, 2.24) is 5.32 Å². The van der Waals surface area contributed by atoms with Gasteiger partial charge in [-0.1, -0.05) is 19.3 Å². The van der Waals surface area contributed by atoms with Crippen LogP contribution in [0.5, 0.6) is 0 Å². The van der Waals surface area contributed by atoms with Crippen LogP contribution in [0, 0.1) is 11.8 Å². The summed E-state index contributed by atoms with van der Waals surface area (Å²) >= 11 is 0. The Hall–Kier alpha value is -1.06. The molecular weight excluding hydrogens is 194 g/mol. The molecule has 0 aromatic heterocycles. The molecule has 1 amide bonds. The Morgan fingerprint density at radius 2 is 2.27 bits per heavy atom. The summed E-state index contributed by atoms with van der Waals surface area (Å²) in [6.07, 6.45) is 4.02. The average molecular weight is 211 g/mol. The topological polar surface area (TPSA) is 55.4 Å². The molecule has 2 fully saturated rings. The summed E-state index contributed by atoms with van der Waals surface area (Å²) < 4.78 is 4.97. The first-order valence-corrected chi connectivity index (χ1v) is 5.68. The van der Waals surface area contributed by atoms with Gasteiger partial charge in [0.2, 0.25) is 5.91 Å². The monoisotopic (exact) mass is 211 g/mol. The quantitative estimate of drug-likeness (QED) is 0.704. The molecule has 1 saturated carbocycles. The highest BCUT2D eigenvalue weighted by molar-refractivity contribution is 5.88. The molecule has 1 aliphatic carbocycles. The first-order valence-electron chi connectivity index (χ1n) is 5.68. The van der Waals surface area contributed by atoms with E-state index in [0.29, 0.717) is 18.9 Å². The molecule has 2 rings (SSSR count). The Morgan fingerprint density at radius 3 is 2.80 bits per heavy atom. The summed E-state index contributed by atoms with van der Waals surface area (Å²) in [6.45, 7) is 2.16. The molecule has 4 nitrogen and oxygen atoms in total. The van der Waals surface area contributed by atoms with Crippen LogP contribution in [0.4, 0.5) is 0 Å². The van der Waals surface area contributed by atoms with Crippen molar-refractivity contribution in [2.24, 2.45) is 11.8 Å². The number of ether oxygens (including phenoxy) is 1. The fourth-order valence-corrected chi connectivity index (χ4v) is 2.44. The van der Waals surface area contributed by atoms with E-state index in [4.69, 9.17) is 4.74 Å². The van der Waals surface area contributed by atoms with Gasteiger partial charge in [-0.3, -0.25) is 4.79 Å². The lowest BCUT2D eigenvalue weighted by molar-refractivity contribution is -0.147. The number of hydrogen-bond donors (Lipinski definition) is 1. The fraction of sp³-hybridized carbons (Fsp3) is 0.818. The molecule has 1 saturated heterocycles. The molecule has 2 aliphatic rings. The lowest BCUT2D eigenvalue weighted by Crippen LogP contribution is -2.42. The smallest absolute Gasteiger partial charge is 0.328 e. The van der Waals surface area contributed by atoms with E-state index < -0.39 is 0 Å². The predicted molar refractivity (Wildman–Crippen MR) is 54.0 cm³/mol. The van der Waals surface area contributed by atoms with Crippen molar-refractivity contribution in [3.63, 3.8) is 0 Å². The van der Waals surface area contributed by atoms with Gasteiger partial charge in [-0.05, 0) is 12.8 Å². The average Bonchev–Trinajstić information content (AvgIpc) is 2.45. The minimum absolute atomic E-state index is 0.00930. The third-order valence-corrected chi connectivity index (χ3v) is 3.46. The molecule has 0 spiro atoms. The Balaban J connectivity index is 2.00. The van der Waals surface area contributed by atoms with E-state index in [0.717, 1.165) is 12.8 Å². The van der Waals surface area contributed by atoms with Crippen LogP contribution >= 0.6 is 0 Å². The van der Waals surface area contributed by atoms with Gasteiger partial charge in [-0.15, -0.1) is 0 Å². The minimum Gasteiger partial charge on any atom is -0.464 e. The van der Waals surface area contributed by atoms with Gasteiger partial charge in [0.15, 0.2) is 0 Å². The van der Waals surface area contributed by atoms with Crippen LogP contribution in [-0.2, 0) is 14.3 Å². The van der Waals surface area contributed by atoms with E-state index in [1.54, 1.807) is 6.92 Å². The lowest BCUT2D eigenvalue weighted by atomic mass is 9.73. The third kappa shape index (κ3) is 1.98. The predicted octanol–water partition coefficient (Wildman–Crippen LogP) is 0.854. The lowest BCUT2D eigenvalue weighted by Gasteiger charge is -2.33. The number of amides is 1. The zero-order valence-electron chi connectivity index (χ0n) is 8.99. The van der Waals surface area contributed by atoms with Crippen molar-refractivity contribution in [2.45, 2.75) is 38.6 Å². The number of carbonyl (C=O) groups excluding carboxylic acids is 2. The molecule has 15 heavy (non-hydrogen) atoms. The van der Waals surface area contributed by atoms with Crippen molar-refractivity contribution in [3.05, 3.63) is 0 Å². The molecule has 1 heterocycles. The van der Waals surface area contributed by atoms with E-state index in [1.165, 1.54) is 6.42 Å². The molecule has 2 atom stereocenters. The highest BCUT2D eigenvalue weighted by Crippen LogP contribution is 2.39. The van der Waals surface area contributed by atoms with Crippen LogP contribution in [0.2, 0.25) is 0 Å². The summed E-state index contributed by atoms with van der Waals surface area (Å²) in [7, 11) is 0. The molecule has 0 bridgehead atoms. The second kappa shape index (κ2) is 4.21. The second-order valence-electron chi connectivity index (χ2n) is 4.36. The largest absolute Gasteiger partial charge is 0.464 e. The van der Waals surface area contributed by atoms with Crippen molar-refractivity contribution in [2.75, 3.05) is 6.61 Å². The first kappa shape index (κ1) is 10.5. The third-order valence-electron chi connectivity index (χ3n) is 3.46. The normalized spacial score (nSPS) is 30.9. The van der Waals surface area contributed by atoms with Crippen molar-refractivity contribution < 1.29 is 14.3 Å². The molecule has 1 aliphatic heterocycles. The number of carbonyl (C=O) groups is 2. The number of hydrogen-bond acceptors (Lipinski definition) is 3. The van der Waals surface area contributed by atoms with Crippen molar-refractivity contribution >= 4 is 11.9 Å². The van der Waals surface area contributed by atoms with Crippen LogP contribution < -0.4 is 5.32 Å². The fourth-order valence-electron chi connectivity index (χ4n) is 2.44. The van der Waals surface area contributed by atoms with E-state index in [1.807, 2.05) is 0 Å². The maximum absolute atomic E-state index is 11.6. The van der Waals surface area contributed by atoms with E-state index >= 15 is 0 Å². The number of nitrogens with one attached hydrogen (secondary N) is 1. The highest BCUT2D eigenvalue weighted by atomic mass is 16.5. The molecule has 0 radical (unpaired) electrons. The van der Waals surface area contributed by atoms with Gasteiger partial charge >= 0.3 is 5.97 Å². The standard InChI is InChI=1S/C11H17NO3/c1-2-15-11(14)10-8(6-9(13)12-10)7-4-3-5-7/h7-8,10H,2-6H2,1H3,(H,12,13). The first-order chi connectivity index (χ1) is 7.22. The molecule has 1 N–H and O–H groups in total. The van der Waals surface area contributed by atoms with Gasteiger partial charge in [0, 0.05) is 12.3 Å². The number of rotatable bonds is 3. The zero-order valence-corrected chi connectivity index (χ0v) is 8.99. The molecule has 0 aromatic rings. The van der Waals surface area contributed by atoms with Gasteiger partial charge in [0.1, 0.15) is 6.04 Å². The highest BCUT2D eigenvalue weighted by Gasteiger charge is 2.44. The maximum atomic E-state index is 11.6. The SMILES string of the molecule is CCOC(=O)C1NC(=O)CC1C1CCC1. The van der Waals surface area contributed by atoms with Gasteiger partial charge in [-0.25, -0.2) is 4.79 Å². The summed E-state index contributed by atoms with van der Waals surface area (Å²) in [5, 5.41) is 2.72. The Kier molecular flexibility index (Phi) is 2.93. The minimum atomic E-state index is -0.386. The van der Waals surface area contributed by atoms with E-state index in [2.05, 4.69) is 5.32 Å². The Morgan fingerprint density at radius 1 is 1.53 bits per heavy atom. The molecule has 2 unspecified atom stereocenters. The summed E-state index contributed by atoms with van der Waals surface area (Å²) in [5.74, 6) is 0.439. The van der Waals surface area contributed by atoms with Gasteiger partial charge in [-0.2, -0.15) is 0 Å². The van der Waals surface area contributed by atoms with Crippen LogP contribution in [0.1, 0.15) is 32.6 Å². The Bertz CT molecular complexity index is 273. The van der Waals surface area contributed by atoms with Crippen LogP contribution in [0.15, 0.2) is 0 Å². The summed E-state index contributed by atoms with van der Waals surface area (Å²) in [6, 6.07) is -0.386. The van der Waals surface area contributed by atoms with E-state index in [9.17, 15) is 9.59 Å². The van der Waals surface area contributed by atoms with Crippen molar-refractivity contribution in [3.8, 4) is 0 Å². The van der Waals surface area contributed by atoms with Gasteiger partial charge in [0.05, 0.1) is 6.61 Å². The second-order valence-corrected chi connectivity index (χ2v) is 4.36. The van der Waals surface area contributed by atoms with Crippen molar-refractivity contribution in [1.29, 1.82) is 0 Å². The molecule has 84 valence electrons. The molecule has 4 heteroatoms. The maximum Gasteiger partial charge on any atom is 0.328 e. The zero-order chi connectivity index (χ0) is 10.8.